The molecule has 1 aliphatic carbocycles. The maximum Gasteiger partial charge on any atom is 0.0944 e. The number of piperidine rings is 1. The molecule has 4 rings (SSSR count). The van der Waals surface area contributed by atoms with Gasteiger partial charge in [-0.25, -0.2) is 0 Å². The molecular formula is C19H26BrN3O. The van der Waals surface area contributed by atoms with Crippen LogP contribution in [0.25, 0.3) is 10.9 Å². The standard InChI is InChI=1S/C19H26BrN3O/c20-17-10-15-12-23(16-6-4-14(13-24)5-7-16)21-18(15)11-19(17)22-8-2-1-3-9-22/h10-12,14,16,24H,1-9,13H2/t14-,16-. The number of aliphatic hydroxyl groups is 1. The van der Waals surface area contributed by atoms with Crippen LogP contribution in [0.2, 0.25) is 0 Å². The van der Waals surface area contributed by atoms with E-state index in [9.17, 15) is 5.11 Å². The predicted molar refractivity (Wildman–Crippen MR) is 102 cm³/mol. The first-order valence-corrected chi connectivity index (χ1v) is 10.1. The van der Waals surface area contributed by atoms with Crippen LogP contribution in [0.3, 0.4) is 0 Å². The molecule has 1 aromatic carbocycles. The third-order valence-corrected chi connectivity index (χ3v) is 6.37. The van der Waals surface area contributed by atoms with E-state index in [2.05, 4.69) is 43.8 Å². The van der Waals surface area contributed by atoms with Crippen molar-refractivity contribution in [2.75, 3.05) is 24.6 Å². The monoisotopic (exact) mass is 391 g/mol. The number of anilines is 1. The molecule has 4 nitrogen and oxygen atoms in total. The summed E-state index contributed by atoms with van der Waals surface area (Å²) in [6.45, 7) is 2.63. The van der Waals surface area contributed by atoms with Gasteiger partial charge in [-0.1, -0.05) is 0 Å². The molecular weight excluding hydrogens is 366 g/mol. The third kappa shape index (κ3) is 3.21. The maximum absolute atomic E-state index is 9.31. The molecule has 2 heterocycles. The fourth-order valence-corrected chi connectivity index (χ4v) is 4.82. The van der Waals surface area contributed by atoms with Crippen LogP contribution >= 0.6 is 15.9 Å². The van der Waals surface area contributed by atoms with E-state index >= 15 is 0 Å². The lowest BCUT2D eigenvalue weighted by atomic mass is 9.87. The van der Waals surface area contributed by atoms with Crippen LogP contribution in [-0.4, -0.2) is 34.6 Å². The zero-order valence-electron chi connectivity index (χ0n) is 14.1. The number of nitrogens with zero attached hydrogens (tertiary/aromatic N) is 3. The van der Waals surface area contributed by atoms with Crippen molar-refractivity contribution in [1.82, 2.24) is 9.78 Å². The van der Waals surface area contributed by atoms with Gasteiger partial charge in [-0.15, -0.1) is 0 Å². The highest BCUT2D eigenvalue weighted by Crippen LogP contribution is 2.35. The smallest absolute Gasteiger partial charge is 0.0944 e. The predicted octanol–water partition coefficient (Wildman–Crippen LogP) is 4.51. The van der Waals surface area contributed by atoms with E-state index in [4.69, 9.17) is 5.10 Å². The molecule has 0 unspecified atom stereocenters. The van der Waals surface area contributed by atoms with E-state index in [-0.39, 0.29) is 0 Å². The summed E-state index contributed by atoms with van der Waals surface area (Å²) in [5.41, 5.74) is 2.39. The molecule has 24 heavy (non-hydrogen) atoms. The number of aromatic nitrogens is 2. The first-order valence-electron chi connectivity index (χ1n) is 9.29. The summed E-state index contributed by atoms with van der Waals surface area (Å²) in [6, 6.07) is 4.96. The molecule has 1 aromatic heterocycles. The van der Waals surface area contributed by atoms with Crippen molar-refractivity contribution in [2.45, 2.75) is 51.0 Å². The minimum atomic E-state index is 0.333. The number of halogens is 1. The fraction of sp³-hybridized carbons (Fsp3) is 0.632. The van der Waals surface area contributed by atoms with Crippen LogP contribution < -0.4 is 4.90 Å². The van der Waals surface area contributed by atoms with Crippen molar-refractivity contribution in [3.63, 3.8) is 0 Å². The van der Waals surface area contributed by atoms with Crippen molar-refractivity contribution < 1.29 is 5.11 Å². The second kappa shape index (κ2) is 7.04. The third-order valence-electron chi connectivity index (χ3n) is 5.74. The van der Waals surface area contributed by atoms with Crippen LogP contribution in [-0.2, 0) is 0 Å². The molecule has 5 heteroatoms. The first kappa shape index (κ1) is 16.4. The Morgan fingerprint density at radius 3 is 2.54 bits per heavy atom. The van der Waals surface area contributed by atoms with Crippen molar-refractivity contribution in [2.24, 2.45) is 5.92 Å². The van der Waals surface area contributed by atoms with E-state index in [1.807, 2.05) is 0 Å². The molecule has 1 saturated heterocycles. The lowest BCUT2D eigenvalue weighted by Crippen LogP contribution is -2.29. The van der Waals surface area contributed by atoms with Gasteiger partial charge in [0.15, 0.2) is 0 Å². The van der Waals surface area contributed by atoms with Gasteiger partial charge in [-0.05, 0) is 78.9 Å². The van der Waals surface area contributed by atoms with Crippen molar-refractivity contribution in [1.29, 1.82) is 0 Å². The second-order valence-electron chi connectivity index (χ2n) is 7.38. The van der Waals surface area contributed by atoms with Gasteiger partial charge in [0.1, 0.15) is 0 Å². The van der Waals surface area contributed by atoms with E-state index in [0.29, 0.717) is 18.6 Å². The summed E-state index contributed by atoms with van der Waals surface area (Å²) in [5, 5.41) is 15.4. The molecule has 0 bridgehead atoms. The average molecular weight is 392 g/mol. The Morgan fingerprint density at radius 1 is 1.08 bits per heavy atom. The molecule has 1 N–H and O–H groups in total. The second-order valence-corrected chi connectivity index (χ2v) is 8.23. The highest BCUT2D eigenvalue weighted by atomic mass is 79.9. The number of aliphatic hydroxyl groups excluding tert-OH is 1. The Balaban J connectivity index is 1.59. The molecule has 130 valence electrons. The fourth-order valence-electron chi connectivity index (χ4n) is 4.21. The van der Waals surface area contributed by atoms with E-state index in [1.54, 1.807) is 0 Å². The zero-order chi connectivity index (χ0) is 16.5. The number of benzene rings is 1. The molecule has 0 amide bonds. The lowest BCUT2D eigenvalue weighted by molar-refractivity contribution is 0.165. The van der Waals surface area contributed by atoms with Crippen molar-refractivity contribution in [3.8, 4) is 0 Å². The van der Waals surface area contributed by atoms with Crippen molar-refractivity contribution >= 4 is 32.5 Å². The van der Waals surface area contributed by atoms with Gasteiger partial charge in [0.05, 0.1) is 17.2 Å². The number of rotatable bonds is 3. The summed E-state index contributed by atoms with van der Waals surface area (Å²) in [4.78, 5) is 2.48. The Labute approximate surface area is 152 Å². The first-order chi connectivity index (χ1) is 11.7. The molecule has 0 spiro atoms. The Hall–Kier alpha value is -1.07. The van der Waals surface area contributed by atoms with Crippen LogP contribution in [0.15, 0.2) is 22.8 Å². The topological polar surface area (TPSA) is 41.3 Å². The SMILES string of the molecule is OC[C@H]1CC[C@H](n2cc3cc(Br)c(N4CCCCC4)cc3n2)CC1. The lowest BCUT2D eigenvalue weighted by Gasteiger charge is -2.29. The Bertz CT molecular complexity index is 700. The summed E-state index contributed by atoms with van der Waals surface area (Å²) in [5.74, 6) is 0.492. The van der Waals surface area contributed by atoms with Gasteiger partial charge in [0.25, 0.3) is 0 Å². The van der Waals surface area contributed by atoms with E-state index in [1.165, 1.54) is 34.8 Å². The quantitative estimate of drug-likeness (QED) is 0.836. The molecule has 1 saturated carbocycles. The summed E-state index contributed by atoms with van der Waals surface area (Å²) >= 11 is 3.77. The maximum atomic E-state index is 9.31. The number of hydrogen-bond acceptors (Lipinski definition) is 3. The molecule has 2 fully saturated rings. The van der Waals surface area contributed by atoms with Crippen LogP contribution in [0.1, 0.15) is 51.0 Å². The summed E-state index contributed by atoms with van der Waals surface area (Å²) in [6.07, 6.45) is 10.6. The van der Waals surface area contributed by atoms with Crippen molar-refractivity contribution in [3.05, 3.63) is 22.8 Å². The average Bonchev–Trinajstić information content (AvgIpc) is 3.04. The highest BCUT2D eigenvalue weighted by Gasteiger charge is 2.23. The van der Waals surface area contributed by atoms with Crippen LogP contribution in [0.5, 0.6) is 0 Å². The highest BCUT2D eigenvalue weighted by molar-refractivity contribution is 9.10. The number of hydrogen-bond donors (Lipinski definition) is 1. The Morgan fingerprint density at radius 2 is 1.83 bits per heavy atom. The normalized spacial score (nSPS) is 25.3. The van der Waals surface area contributed by atoms with Gasteiger partial charge in [0.2, 0.25) is 0 Å². The van der Waals surface area contributed by atoms with Crippen LogP contribution in [0.4, 0.5) is 5.69 Å². The van der Waals surface area contributed by atoms with Gasteiger partial charge < -0.3 is 10.0 Å². The van der Waals surface area contributed by atoms with E-state index < -0.39 is 0 Å². The number of fused-ring (bicyclic) bond motifs is 1. The minimum absolute atomic E-state index is 0.333. The largest absolute Gasteiger partial charge is 0.396 e. The van der Waals surface area contributed by atoms with Gasteiger partial charge in [-0.2, -0.15) is 5.10 Å². The molecule has 1 aliphatic heterocycles. The summed E-state index contributed by atoms with van der Waals surface area (Å²) in [7, 11) is 0. The summed E-state index contributed by atoms with van der Waals surface area (Å²) < 4.78 is 3.35. The van der Waals surface area contributed by atoms with E-state index in [0.717, 1.165) is 44.3 Å². The minimum Gasteiger partial charge on any atom is -0.396 e. The van der Waals surface area contributed by atoms with Gasteiger partial charge >= 0.3 is 0 Å². The molecule has 2 aromatic rings. The zero-order valence-corrected chi connectivity index (χ0v) is 15.7. The molecule has 0 atom stereocenters. The Kier molecular flexibility index (Phi) is 4.81. The van der Waals surface area contributed by atoms with Gasteiger partial charge in [0, 0.05) is 35.8 Å². The molecule has 2 aliphatic rings. The van der Waals surface area contributed by atoms with Crippen LogP contribution in [0, 0.1) is 5.92 Å². The van der Waals surface area contributed by atoms with Gasteiger partial charge in [-0.3, -0.25) is 4.68 Å². The molecule has 0 radical (unpaired) electrons.